The van der Waals surface area contributed by atoms with Crippen LogP contribution >= 0.6 is 0 Å². The van der Waals surface area contributed by atoms with Crippen LogP contribution in [0, 0.1) is 0 Å². The Labute approximate surface area is 163 Å². The van der Waals surface area contributed by atoms with Gasteiger partial charge in [-0.15, -0.1) is 0 Å². The largest absolute Gasteiger partial charge is 0.507 e. The smallest absolute Gasteiger partial charge is 0.255 e. The van der Waals surface area contributed by atoms with Crippen LogP contribution in [-0.4, -0.2) is 27.1 Å². The van der Waals surface area contributed by atoms with Crippen LogP contribution < -0.4 is 10.6 Å². The third-order valence-corrected chi connectivity index (χ3v) is 4.84. The van der Waals surface area contributed by atoms with Crippen molar-refractivity contribution < 1.29 is 19.2 Å². The van der Waals surface area contributed by atoms with Crippen molar-refractivity contribution in [1.82, 2.24) is 15.5 Å². The van der Waals surface area contributed by atoms with E-state index in [1.807, 2.05) is 0 Å². The summed E-state index contributed by atoms with van der Waals surface area (Å²) in [5.74, 6) is 0.194. The summed E-state index contributed by atoms with van der Waals surface area (Å²) in [7, 11) is 0. The van der Waals surface area contributed by atoms with Crippen molar-refractivity contribution in [2.24, 2.45) is 0 Å². The van der Waals surface area contributed by atoms with E-state index in [-0.39, 0.29) is 11.3 Å². The summed E-state index contributed by atoms with van der Waals surface area (Å²) in [5, 5.41) is 19.4. The fraction of sp³-hybridized carbons (Fsp3) is 0.400. The fourth-order valence-electron chi connectivity index (χ4n) is 3.27. The Morgan fingerprint density at radius 2 is 2.07 bits per heavy atom. The van der Waals surface area contributed by atoms with Gasteiger partial charge in [0, 0.05) is 11.6 Å². The predicted octanol–water partition coefficient (Wildman–Crippen LogP) is 3.44. The predicted molar refractivity (Wildman–Crippen MR) is 103 cm³/mol. The summed E-state index contributed by atoms with van der Waals surface area (Å²) in [6, 6.07) is 3.70. The molecule has 3 N–H and O–H groups in total. The number of rotatable bonds is 6. The van der Waals surface area contributed by atoms with Gasteiger partial charge in [0.25, 0.3) is 5.91 Å². The number of hydrogen-bond acceptors (Lipinski definition) is 6. The Hall–Kier alpha value is -3.16. The molecule has 1 saturated carbocycles. The highest BCUT2D eigenvalue weighted by molar-refractivity contribution is 6.02. The molecule has 8 nitrogen and oxygen atoms in total. The van der Waals surface area contributed by atoms with Crippen LogP contribution in [0.2, 0.25) is 0 Å². The molecule has 1 aromatic heterocycles. The van der Waals surface area contributed by atoms with Crippen molar-refractivity contribution in [3.63, 3.8) is 0 Å². The highest BCUT2D eigenvalue weighted by Gasteiger charge is 2.24. The Morgan fingerprint density at radius 3 is 2.79 bits per heavy atom. The molecule has 8 heteroatoms. The lowest BCUT2D eigenvalue weighted by Crippen LogP contribution is -2.27. The zero-order valence-corrected chi connectivity index (χ0v) is 15.8. The first-order chi connectivity index (χ1) is 13.5. The molecule has 0 spiro atoms. The third kappa shape index (κ3) is 4.57. The van der Waals surface area contributed by atoms with Crippen LogP contribution in [0.3, 0.4) is 0 Å². The summed E-state index contributed by atoms with van der Waals surface area (Å²) in [6.07, 6.45) is 6.79. The number of benzene rings is 1. The molecule has 0 aliphatic heterocycles. The number of phenols is 1. The number of aromatic nitrogens is 2. The first-order valence-corrected chi connectivity index (χ1v) is 9.38. The number of amides is 2. The van der Waals surface area contributed by atoms with Gasteiger partial charge in [-0.3, -0.25) is 9.59 Å². The molecule has 1 aliphatic carbocycles. The summed E-state index contributed by atoms with van der Waals surface area (Å²) >= 11 is 0. The number of aromatic hydroxyl groups is 1. The van der Waals surface area contributed by atoms with Gasteiger partial charge in [-0.2, -0.15) is 4.98 Å². The zero-order chi connectivity index (χ0) is 20.1. The van der Waals surface area contributed by atoms with Crippen LogP contribution in [0.5, 0.6) is 5.75 Å². The number of carbonyl (C=O) groups excluding carboxylic acids is 2. The minimum Gasteiger partial charge on any atom is -0.507 e. The van der Waals surface area contributed by atoms with E-state index in [0.29, 0.717) is 23.3 Å². The van der Waals surface area contributed by atoms with Crippen molar-refractivity contribution in [2.45, 2.75) is 51.0 Å². The molecular weight excluding hydrogens is 360 g/mol. The molecule has 1 fully saturated rings. The molecule has 1 atom stereocenters. The first-order valence-electron chi connectivity index (χ1n) is 9.38. The molecule has 1 heterocycles. The minimum absolute atomic E-state index is 0.0285. The summed E-state index contributed by atoms with van der Waals surface area (Å²) < 4.78 is 5.33. The molecule has 1 unspecified atom stereocenters. The van der Waals surface area contributed by atoms with Gasteiger partial charge in [-0.1, -0.05) is 31.0 Å². The lowest BCUT2D eigenvalue weighted by molar-refractivity contribution is -0.111. The number of nitrogens with one attached hydrogen (secondary N) is 2. The van der Waals surface area contributed by atoms with Crippen LogP contribution in [0.4, 0.5) is 5.69 Å². The highest BCUT2D eigenvalue weighted by Crippen LogP contribution is 2.31. The topological polar surface area (TPSA) is 117 Å². The Balaban J connectivity index is 1.68. The van der Waals surface area contributed by atoms with E-state index >= 15 is 0 Å². The van der Waals surface area contributed by atoms with Crippen LogP contribution in [0.25, 0.3) is 0 Å². The second kappa shape index (κ2) is 8.69. The van der Waals surface area contributed by atoms with Crippen molar-refractivity contribution in [3.8, 4) is 5.75 Å². The van der Waals surface area contributed by atoms with Crippen LogP contribution in [-0.2, 0) is 4.79 Å². The molecular formula is C20H24N4O4. The van der Waals surface area contributed by atoms with Gasteiger partial charge in [-0.25, -0.2) is 0 Å². The van der Waals surface area contributed by atoms with Gasteiger partial charge >= 0.3 is 0 Å². The van der Waals surface area contributed by atoms with Crippen molar-refractivity contribution in [3.05, 3.63) is 48.1 Å². The van der Waals surface area contributed by atoms with Crippen molar-refractivity contribution >= 4 is 17.5 Å². The van der Waals surface area contributed by atoms with E-state index in [2.05, 4.69) is 27.4 Å². The molecule has 0 bridgehead atoms. The number of phenolic OH excluding ortho intramolecular Hbond substituents is 1. The number of carbonyl (C=O) groups is 2. The van der Waals surface area contributed by atoms with E-state index in [9.17, 15) is 14.7 Å². The van der Waals surface area contributed by atoms with E-state index in [0.717, 1.165) is 18.9 Å². The fourth-order valence-corrected chi connectivity index (χ4v) is 3.27. The maximum absolute atomic E-state index is 12.6. The maximum Gasteiger partial charge on any atom is 0.255 e. The zero-order valence-electron chi connectivity index (χ0n) is 15.8. The molecule has 148 valence electrons. The van der Waals surface area contributed by atoms with E-state index in [4.69, 9.17) is 4.52 Å². The standard InChI is InChI=1S/C20H24N4O4/c1-3-17(26)22-14-9-10-16(25)15(11-14)19(27)21-12(2)20-23-18(24-28-20)13-7-5-4-6-8-13/h3,9-13,25H,1,4-8H2,2H3,(H,21,27)(H,22,26). The summed E-state index contributed by atoms with van der Waals surface area (Å²) in [5.41, 5.74) is 0.401. The lowest BCUT2D eigenvalue weighted by Gasteiger charge is -2.17. The molecule has 2 amide bonds. The van der Waals surface area contributed by atoms with Gasteiger partial charge in [0.05, 0.1) is 5.56 Å². The Kier molecular flexibility index (Phi) is 6.08. The van der Waals surface area contributed by atoms with Gasteiger partial charge in [0.2, 0.25) is 11.8 Å². The maximum atomic E-state index is 12.6. The number of hydrogen-bond donors (Lipinski definition) is 3. The molecule has 1 aromatic carbocycles. The molecule has 1 aliphatic rings. The van der Waals surface area contributed by atoms with Crippen molar-refractivity contribution in [2.75, 3.05) is 5.32 Å². The van der Waals surface area contributed by atoms with Gasteiger partial charge in [-0.05, 0) is 44.0 Å². The third-order valence-electron chi connectivity index (χ3n) is 4.84. The Morgan fingerprint density at radius 1 is 1.32 bits per heavy atom. The minimum atomic E-state index is -0.525. The molecule has 0 radical (unpaired) electrons. The number of nitrogens with zero attached hydrogens (tertiary/aromatic N) is 2. The molecule has 0 saturated heterocycles. The average Bonchev–Trinajstić information content (AvgIpc) is 3.20. The lowest BCUT2D eigenvalue weighted by atomic mass is 9.89. The van der Waals surface area contributed by atoms with E-state index in [1.165, 1.54) is 37.5 Å². The van der Waals surface area contributed by atoms with E-state index in [1.54, 1.807) is 6.92 Å². The number of anilines is 1. The monoisotopic (exact) mass is 384 g/mol. The van der Waals surface area contributed by atoms with Gasteiger partial charge in [0.15, 0.2) is 5.82 Å². The van der Waals surface area contributed by atoms with Gasteiger partial charge in [0.1, 0.15) is 11.8 Å². The normalized spacial score (nSPS) is 15.6. The second-order valence-corrected chi connectivity index (χ2v) is 6.95. The second-order valence-electron chi connectivity index (χ2n) is 6.95. The quantitative estimate of drug-likeness (QED) is 0.519. The van der Waals surface area contributed by atoms with E-state index < -0.39 is 17.9 Å². The highest BCUT2D eigenvalue weighted by atomic mass is 16.5. The molecule has 2 aromatic rings. The molecule has 28 heavy (non-hydrogen) atoms. The van der Waals surface area contributed by atoms with Crippen LogP contribution in [0.1, 0.15) is 73.1 Å². The SMILES string of the molecule is C=CC(=O)Nc1ccc(O)c(C(=O)NC(C)c2nc(C3CCCCC3)no2)c1. The summed E-state index contributed by atoms with van der Waals surface area (Å²) in [6.45, 7) is 5.11. The Bertz CT molecular complexity index is 871. The first kappa shape index (κ1) is 19.6. The van der Waals surface area contributed by atoms with Gasteiger partial charge < -0.3 is 20.3 Å². The van der Waals surface area contributed by atoms with Crippen molar-refractivity contribution in [1.29, 1.82) is 0 Å². The average molecular weight is 384 g/mol. The summed E-state index contributed by atoms with van der Waals surface area (Å²) in [4.78, 5) is 28.4. The molecule has 3 rings (SSSR count). The van der Waals surface area contributed by atoms with Crippen LogP contribution in [0.15, 0.2) is 35.4 Å².